The maximum Gasteiger partial charge on any atom is 0.345 e. The largest absolute Gasteiger partial charge is 0.494 e. The topological polar surface area (TPSA) is 70.8 Å². The van der Waals surface area contributed by atoms with Crippen molar-refractivity contribution < 1.29 is 19.0 Å². The van der Waals surface area contributed by atoms with Gasteiger partial charge in [-0.05, 0) is 6.07 Å². The Labute approximate surface area is 115 Å². The summed E-state index contributed by atoms with van der Waals surface area (Å²) in [5.41, 5.74) is 6.03. The minimum absolute atomic E-state index is 0.0510. The summed E-state index contributed by atoms with van der Waals surface area (Å²) in [5, 5.41) is 0.202. The van der Waals surface area contributed by atoms with E-state index in [0.717, 1.165) is 0 Å². The number of hydrogen-bond donors (Lipinski definition) is 1. The lowest BCUT2D eigenvalue weighted by atomic mass is 10.1. The number of benzene rings is 1. The molecular formula is C11H13Cl2NO4. The lowest BCUT2D eigenvalue weighted by Gasteiger charge is -2.16. The second kappa shape index (κ2) is 6.56. The summed E-state index contributed by atoms with van der Waals surface area (Å²) >= 11 is 11.5. The third-order valence-electron chi connectivity index (χ3n) is 2.13. The molecule has 0 saturated heterocycles. The van der Waals surface area contributed by atoms with Gasteiger partial charge in [-0.25, -0.2) is 4.79 Å². The van der Waals surface area contributed by atoms with Crippen molar-refractivity contribution in [2.75, 3.05) is 32.4 Å². The third kappa shape index (κ3) is 2.91. The maximum atomic E-state index is 11.8. The van der Waals surface area contributed by atoms with Crippen molar-refractivity contribution in [1.29, 1.82) is 0 Å². The molecule has 18 heavy (non-hydrogen) atoms. The first-order chi connectivity index (χ1) is 8.56. The van der Waals surface area contributed by atoms with Crippen molar-refractivity contribution in [3.8, 4) is 11.5 Å². The zero-order valence-corrected chi connectivity index (χ0v) is 11.5. The Hall–Kier alpha value is -1.33. The first kappa shape index (κ1) is 14.7. The van der Waals surface area contributed by atoms with Crippen LogP contribution in [0.2, 0.25) is 5.02 Å². The molecule has 0 saturated carbocycles. The number of hydrogen-bond acceptors (Lipinski definition) is 5. The van der Waals surface area contributed by atoms with Crippen LogP contribution in [0.3, 0.4) is 0 Å². The van der Waals surface area contributed by atoms with Gasteiger partial charge in [-0.15, -0.1) is 11.6 Å². The summed E-state index contributed by atoms with van der Waals surface area (Å²) in [6.07, 6.45) is 0. The highest BCUT2D eigenvalue weighted by Gasteiger charge is 2.24. The molecule has 0 amide bonds. The molecule has 0 fully saturated rings. The van der Waals surface area contributed by atoms with Crippen LogP contribution in [0.5, 0.6) is 11.5 Å². The van der Waals surface area contributed by atoms with E-state index in [1.807, 2.05) is 0 Å². The molecule has 0 aliphatic rings. The lowest BCUT2D eigenvalue weighted by molar-refractivity contribution is 0.0592. The van der Waals surface area contributed by atoms with Gasteiger partial charge >= 0.3 is 5.97 Å². The molecule has 0 aliphatic carbocycles. The number of ether oxygens (including phenoxy) is 3. The van der Waals surface area contributed by atoms with Crippen molar-refractivity contribution in [3.05, 3.63) is 16.7 Å². The monoisotopic (exact) mass is 293 g/mol. The Morgan fingerprint density at radius 1 is 1.39 bits per heavy atom. The first-order valence-corrected chi connectivity index (χ1v) is 5.91. The van der Waals surface area contributed by atoms with Gasteiger partial charge in [-0.2, -0.15) is 0 Å². The van der Waals surface area contributed by atoms with Gasteiger partial charge in [0.05, 0.1) is 30.8 Å². The molecule has 0 aromatic heterocycles. The number of nitrogen functional groups attached to an aromatic ring is 1. The highest BCUT2D eigenvalue weighted by molar-refractivity contribution is 6.33. The van der Waals surface area contributed by atoms with E-state index in [1.165, 1.54) is 20.3 Å². The number of anilines is 1. The van der Waals surface area contributed by atoms with Crippen LogP contribution in [0, 0.1) is 0 Å². The molecular weight excluding hydrogens is 281 g/mol. The SMILES string of the molecule is COC(=O)c1c(OCCCl)c(N)cc(Cl)c1OC. The van der Waals surface area contributed by atoms with Crippen molar-refractivity contribution in [2.24, 2.45) is 0 Å². The molecule has 0 atom stereocenters. The molecule has 0 aliphatic heterocycles. The predicted molar refractivity (Wildman–Crippen MR) is 70.0 cm³/mol. The number of carbonyl (C=O) groups is 1. The highest BCUT2D eigenvalue weighted by Crippen LogP contribution is 2.40. The standard InChI is InChI=1S/C11H13Cl2NO4/c1-16-9-6(13)5-7(14)10(18-4-3-12)8(9)11(15)17-2/h5H,3-4,14H2,1-2H3. The zero-order chi connectivity index (χ0) is 13.7. The minimum atomic E-state index is -0.648. The molecule has 0 unspecified atom stereocenters. The van der Waals surface area contributed by atoms with Crippen molar-refractivity contribution in [1.82, 2.24) is 0 Å². The van der Waals surface area contributed by atoms with Crippen LogP contribution in [-0.2, 0) is 4.74 Å². The summed E-state index contributed by atoms with van der Waals surface area (Å²) < 4.78 is 15.1. The normalized spacial score (nSPS) is 10.0. The third-order valence-corrected chi connectivity index (χ3v) is 2.57. The van der Waals surface area contributed by atoms with Crippen LogP contribution >= 0.6 is 23.2 Å². The summed E-state index contributed by atoms with van der Waals surface area (Å²) in [5.74, 6) is -0.0815. The van der Waals surface area contributed by atoms with Gasteiger partial charge < -0.3 is 19.9 Å². The van der Waals surface area contributed by atoms with Gasteiger partial charge in [0, 0.05) is 0 Å². The molecule has 5 nitrogen and oxygen atoms in total. The second-order valence-electron chi connectivity index (χ2n) is 3.21. The molecule has 1 aromatic carbocycles. The van der Waals surface area contributed by atoms with Crippen LogP contribution in [0.4, 0.5) is 5.69 Å². The second-order valence-corrected chi connectivity index (χ2v) is 4.00. The Morgan fingerprint density at radius 2 is 2.06 bits per heavy atom. The highest BCUT2D eigenvalue weighted by atomic mass is 35.5. The smallest absolute Gasteiger partial charge is 0.345 e. The zero-order valence-electron chi connectivity index (χ0n) is 9.96. The van der Waals surface area contributed by atoms with Gasteiger partial charge in [0.2, 0.25) is 0 Å². The molecule has 100 valence electrons. The fraction of sp³-hybridized carbons (Fsp3) is 0.364. The van der Waals surface area contributed by atoms with E-state index in [9.17, 15) is 4.79 Å². The molecule has 1 aromatic rings. The van der Waals surface area contributed by atoms with Crippen molar-refractivity contribution in [3.63, 3.8) is 0 Å². The van der Waals surface area contributed by atoms with Gasteiger partial charge in [0.1, 0.15) is 12.2 Å². The van der Waals surface area contributed by atoms with E-state index in [-0.39, 0.29) is 40.3 Å². The van der Waals surface area contributed by atoms with Crippen molar-refractivity contribution in [2.45, 2.75) is 0 Å². The van der Waals surface area contributed by atoms with E-state index in [2.05, 4.69) is 4.74 Å². The van der Waals surface area contributed by atoms with Crippen LogP contribution < -0.4 is 15.2 Å². The van der Waals surface area contributed by atoms with Crippen LogP contribution in [-0.4, -0.2) is 32.7 Å². The number of carbonyl (C=O) groups excluding carboxylic acids is 1. The van der Waals surface area contributed by atoms with Crippen LogP contribution in [0.15, 0.2) is 6.07 Å². The first-order valence-electron chi connectivity index (χ1n) is 4.99. The minimum Gasteiger partial charge on any atom is -0.494 e. The quantitative estimate of drug-likeness (QED) is 0.512. The van der Waals surface area contributed by atoms with Gasteiger partial charge in [0.15, 0.2) is 11.5 Å². The summed E-state index contributed by atoms with van der Waals surface area (Å²) in [4.78, 5) is 11.8. The molecule has 1 rings (SSSR count). The van der Waals surface area contributed by atoms with E-state index in [0.29, 0.717) is 0 Å². The molecule has 0 bridgehead atoms. The fourth-order valence-corrected chi connectivity index (χ4v) is 1.78. The number of nitrogens with two attached hydrogens (primary N) is 1. The molecule has 0 spiro atoms. The molecule has 7 heteroatoms. The molecule has 2 N–H and O–H groups in total. The van der Waals surface area contributed by atoms with Crippen LogP contribution in [0.25, 0.3) is 0 Å². The predicted octanol–water partition coefficient (Wildman–Crippen LogP) is 2.33. The fourth-order valence-electron chi connectivity index (χ4n) is 1.42. The Morgan fingerprint density at radius 3 is 2.56 bits per heavy atom. The van der Waals surface area contributed by atoms with Crippen LogP contribution in [0.1, 0.15) is 10.4 Å². The average Bonchev–Trinajstić information content (AvgIpc) is 2.36. The van der Waals surface area contributed by atoms with Crippen molar-refractivity contribution >= 4 is 34.9 Å². The number of alkyl halides is 1. The number of methoxy groups -OCH3 is 2. The van der Waals surface area contributed by atoms with E-state index >= 15 is 0 Å². The average molecular weight is 294 g/mol. The van der Waals surface area contributed by atoms with E-state index in [4.69, 9.17) is 38.4 Å². The van der Waals surface area contributed by atoms with E-state index in [1.54, 1.807) is 0 Å². The van der Waals surface area contributed by atoms with Gasteiger partial charge in [-0.3, -0.25) is 0 Å². The van der Waals surface area contributed by atoms with E-state index < -0.39 is 5.97 Å². The molecule has 0 heterocycles. The van der Waals surface area contributed by atoms with Gasteiger partial charge in [0.25, 0.3) is 0 Å². The Balaban J connectivity index is 3.41. The maximum absolute atomic E-state index is 11.8. The number of rotatable bonds is 5. The number of esters is 1. The summed E-state index contributed by atoms with van der Waals surface area (Å²) in [6.45, 7) is 0.195. The van der Waals surface area contributed by atoms with Gasteiger partial charge in [-0.1, -0.05) is 11.6 Å². The summed E-state index contributed by atoms with van der Waals surface area (Å²) in [6, 6.07) is 1.44. The summed E-state index contributed by atoms with van der Waals surface area (Å²) in [7, 11) is 2.62. The molecule has 0 radical (unpaired) electrons. The Kier molecular flexibility index (Phi) is 5.37. The lowest BCUT2D eigenvalue weighted by Crippen LogP contribution is -2.11. The number of halogens is 2. The Bertz CT molecular complexity index is 451.